The van der Waals surface area contributed by atoms with Crippen LogP contribution in [0.15, 0.2) is 29.2 Å². The first kappa shape index (κ1) is 21.9. The van der Waals surface area contributed by atoms with Crippen molar-refractivity contribution in [3.63, 3.8) is 0 Å². The number of nitrogens with one attached hydrogen (secondary N) is 1. The molecular formula is C20H31ClN2OS2. The van der Waals surface area contributed by atoms with Gasteiger partial charge in [0, 0.05) is 34.1 Å². The fourth-order valence-corrected chi connectivity index (χ4v) is 6.58. The summed E-state index contributed by atoms with van der Waals surface area (Å²) < 4.78 is 0. The molecule has 0 aromatic heterocycles. The molecular weight excluding hydrogens is 384 g/mol. The zero-order valence-corrected chi connectivity index (χ0v) is 18.4. The maximum absolute atomic E-state index is 11.4. The van der Waals surface area contributed by atoms with Crippen LogP contribution in [0, 0.1) is 0 Å². The average Bonchev–Trinajstić information content (AvgIpc) is 2.60. The molecule has 0 aliphatic heterocycles. The number of rotatable bonds is 9. The zero-order chi connectivity index (χ0) is 18.9. The van der Waals surface area contributed by atoms with Gasteiger partial charge in [0.25, 0.3) is 0 Å². The highest BCUT2D eigenvalue weighted by molar-refractivity contribution is 8.04. The maximum atomic E-state index is 11.4. The van der Waals surface area contributed by atoms with Gasteiger partial charge in [-0.2, -0.15) is 11.8 Å². The van der Waals surface area contributed by atoms with E-state index in [4.69, 9.17) is 11.6 Å². The lowest BCUT2D eigenvalue weighted by Crippen LogP contribution is -2.34. The Morgan fingerprint density at radius 3 is 2.62 bits per heavy atom. The van der Waals surface area contributed by atoms with E-state index in [1.165, 1.54) is 30.6 Å². The molecule has 6 heteroatoms. The summed E-state index contributed by atoms with van der Waals surface area (Å²) in [5.41, 5.74) is 0. The second-order valence-electron chi connectivity index (χ2n) is 7.20. The van der Waals surface area contributed by atoms with Crippen LogP contribution < -0.4 is 5.32 Å². The third kappa shape index (κ3) is 7.71. The van der Waals surface area contributed by atoms with E-state index in [0.29, 0.717) is 15.7 Å². The van der Waals surface area contributed by atoms with Gasteiger partial charge >= 0.3 is 0 Å². The third-order valence-corrected chi connectivity index (χ3v) is 8.39. The van der Waals surface area contributed by atoms with Gasteiger partial charge in [-0.1, -0.05) is 36.6 Å². The van der Waals surface area contributed by atoms with E-state index in [2.05, 4.69) is 48.2 Å². The summed E-state index contributed by atoms with van der Waals surface area (Å²) in [6.07, 6.45) is 6.20. The normalized spacial score (nSPS) is 21.6. The van der Waals surface area contributed by atoms with Crippen molar-refractivity contribution in [3.8, 4) is 0 Å². The second kappa shape index (κ2) is 11.5. The van der Waals surface area contributed by atoms with Crippen molar-refractivity contribution in [2.45, 2.75) is 59.7 Å². The molecule has 1 aliphatic rings. The Hall–Kier alpha value is -0.360. The quantitative estimate of drug-likeness (QED) is 0.620. The van der Waals surface area contributed by atoms with Crippen molar-refractivity contribution >= 4 is 41.0 Å². The summed E-state index contributed by atoms with van der Waals surface area (Å²) >= 11 is 10.4. The van der Waals surface area contributed by atoms with E-state index in [9.17, 15) is 4.79 Å². The first-order valence-corrected chi connectivity index (χ1v) is 11.6. The highest BCUT2D eigenvalue weighted by Crippen LogP contribution is 2.42. The van der Waals surface area contributed by atoms with Gasteiger partial charge in [0.05, 0.1) is 5.02 Å². The van der Waals surface area contributed by atoms with E-state index < -0.39 is 0 Å². The van der Waals surface area contributed by atoms with Crippen LogP contribution in [-0.4, -0.2) is 53.7 Å². The molecule has 1 N–H and O–H groups in total. The zero-order valence-electron chi connectivity index (χ0n) is 16.0. The molecule has 2 rings (SSSR count). The minimum atomic E-state index is 0.0612. The Bertz CT molecular complexity index is 570. The average molecular weight is 415 g/mol. The molecule has 1 amide bonds. The van der Waals surface area contributed by atoms with Gasteiger partial charge in [0.2, 0.25) is 5.91 Å². The molecule has 3 unspecified atom stereocenters. The van der Waals surface area contributed by atoms with Crippen molar-refractivity contribution in [2.24, 2.45) is 0 Å². The van der Waals surface area contributed by atoms with Gasteiger partial charge in [-0.3, -0.25) is 4.79 Å². The van der Waals surface area contributed by atoms with Gasteiger partial charge in [0.15, 0.2) is 0 Å². The molecule has 1 aromatic carbocycles. The van der Waals surface area contributed by atoms with Gasteiger partial charge in [-0.15, -0.1) is 11.8 Å². The van der Waals surface area contributed by atoms with Crippen molar-refractivity contribution in [2.75, 3.05) is 27.2 Å². The van der Waals surface area contributed by atoms with E-state index >= 15 is 0 Å². The second-order valence-corrected chi connectivity index (χ2v) is 10.4. The SMILES string of the molecule is CC(=O)NCC(CCN(C)C)SC1CCCCC1Sc1ccccc1Cl. The largest absolute Gasteiger partial charge is 0.355 e. The fourth-order valence-electron chi connectivity index (χ4n) is 3.18. The highest BCUT2D eigenvalue weighted by atomic mass is 35.5. The molecule has 0 spiro atoms. The first-order valence-electron chi connectivity index (χ1n) is 9.41. The lowest BCUT2D eigenvalue weighted by Gasteiger charge is -2.34. The highest BCUT2D eigenvalue weighted by Gasteiger charge is 2.29. The maximum Gasteiger partial charge on any atom is 0.216 e. The smallest absolute Gasteiger partial charge is 0.216 e. The lowest BCUT2D eigenvalue weighted by atomic mass is 10.00. The van der Waals surface area contributed by atoms with Crippen molar-refractivity contribution in [1.29, 1.82) is 0 Å². The number of benzene rings is 1. The number of amides is 1. The van der Waals surface area contributed by atoms with E-state index in [1.807, 2.05) is 23.9 Å². The number of halogens is 1. The predicted octanol–water partition coefficient (Wildman–Crippen LogP) is 4.93. The molecule has 146 valence electrons. The Morgan fingerprint density at radius 2 is 1.96 bits per heavy atom. The number of thioether (sulfide) groups is 2. The van der Waals surface area contributed by atoms with Crippen molar-refractivity contribution < 1.29 is 4.79 Å². The van der Waals surface area contributed by atoms with Crippen LogP contribution in [0.25, 0.3) is 0 Å². The van der Waals surface area contributed by atoms with E-state index in [0.717, 1.165) is 24.5 Å². The molecule has 1 aromatic rings. The molecule has 26 heavy (non-hydrogen) atoms. The molecule has 3 atom stereocenters. The van der Waals surface area contributed by atoms with Crippen LogP contribution >= 0.6 is 35.1 Å². The number of carbonyl (C=O) groups excluding carboxylic acids is 1. The molecule has 1 fully saturated rings. The molecule has 0 bridgehead atoms. The lowest BCUT2D eigenvalue weighted by molar-refractivity contribution is -0.118. The number of carbonyl (C=O) groups is 1. The third-order valence-electron chi connectivity index (χ3n) is 4.60. The topological polar surface area (TPSA) is 32.3 Å². The van der Waals surface area contributed by atoms with Crippen LogP contribution in [0.2, 0.25) is 5.02 Å². The summed E-state index contributed by atoms with van der Waals surface area (Å²) in [5.74, 6) is 0.0612. The number of hydrogen-bond acceptors (Lipinski definition) is 4. The van der Waals surface area contributed by atoms with Gasteiger partial charge in [-0.05, 0) is 52.0 Å². The molecule has 1 aliphatic carbocycles. The fraction of sp³-hybridized carbons (Fsp3) is 0.650. The molecule has 3 nitrogen and oxygen atoms in total. The van der Waals surface area contributed by atoms with Gasteiger partial charge in [-0.25, -0.2) is 0 Å². The Labute approximate surface area is 172 Å². The monoisotopic (exact) mass is 414 g/mol. The predicted molar refractivity (Wildman–Crippen MR) is 117 cm³/mol. The minimum absolute atomic E-state index is 0.0612. The number of hydrogen-bond donors (Lipinski definition) is 1. The Kier molecular flexibility index (Phi) is 9.68. The summed E-state index contributed by atoms with van der Waals surface area (Å²) in [4.78, 5) is 14.8. The van der Waals surface area contributed by atoms with Crippen LogP contribution in [0.1, 0.15) is 39.0 Å². The molecule has 0 saturated heterocycles. The first-order chi connectivity index (χ1) is 12.5. The summed E-state index contributed by atoms with van der Waals surface area (Å²) in [7, 11) is 4.22. The van der Waals surface area contributed by atoms with Gasteiger partial charge in [0.1, 0.15) is 0 Å². The summed E-state index contributed by atoms with van der Waals surface area (Å²) in [5, 5.41) is 5.55. The molecule has 0 radical (unpaired) electrons. The van der Waals surface area contributed by atoms with Crippen LogP contribution in [0.3, 0.4) is 0 Å². The minimum Gasteiger partial charge on any atom is -0.355 e. The van der Waals surface area contributed by atoms with E-state index in [1.54, 1.807) is 6.92 Å². The standard InChI is InChI=1S/C20H31ClN2OS2/c1-15(24)22-14-16(12-13-23(2)3)25-19-10-6-7-11-20(19)26-18-9-5-4-8-17(18)21/h4-5,8-9,16,19-20H,6-7,10-14H2,1-3H3,(H,22,24). The summed E-state index contributed by atoms with van der Waals surface area (Å²) in [6.45, 7) is 3.41. The van der Waals surface area contributed by atoms with Crippen LogP contribution in [0.4, 0.5) is 0 Å². The summed E-state index contributed by atoms with van der Waals surface area (Å²) in [6, 6.07) is 8.16. The van der Waals surface area contributed by atoms with E-state index in [-0.39, 0.29) is 5.91 Å². The van der Waals surface area contributed by atoms with Crippen molar-refractivity contribution in [1.82, 2.24) is 10.2 Å². The Morgan fingerprint density at radius 1 is 1.27 bits per heavy atom. The van der Waals surface area contributed by atoms with Crippen LogP contribution in [-0.2, 0) is 4.79 Å². The van der Waals surface area contributed by atoms with Crippen LogP contribution in [0.5, 0.6) is 0 Å². The molecule has 1 saturated carbocycles. The van der Waals surface area contributed by atoms with Crippen molar-refractivity contribution in [3.05, 3.63) is 29.3 Å². The molecule has 0 heterocycles. The van der Waals surface area contributed by atoms with Gasteiger partial charge < -0.3 is 10.2 Å². The number of nitrogens with zero attached hydrogens (tertiary/aromatic N) is 1. The Balaban J connectivity index is 2.00.